The molecule has 3 heteroatoms. The number of rotatable bonds is 5. The van der Waals surface area contributed by atoms with Crippen LogP contribution in [0.1, 0.15) is 63.3 Å². The van der Waals surface area contributed by atoms with Crippen LogP contribution < -0.4 is 0 Å². The molecule has 3 nitrogen and oxygen atoms in total. The minimum Gasteiger partial charge on any atom is -0.299 e. The molecule has 0 spiro atoms. The molecule has 1 aliphatic carbocycles. The van der Waals surface area contributed by atoms with Gasteiger partial charge in [-0.05, 0) is 18.4 Å². The highest BCUT2D eigenvalue weighted by atomic mass is 16.1. The fraction of sp³-hybridized carbons (Fsp3) is 0.750. The van der Waals surface area contributed by atoms with Gasteiger partial charge in [-0.1, -0.05) is 45.4 Å². The molecule has 0 amide bonds. The predicted octanol–water partition coefficient (Wildman–Crippen LogP) is 3.45. The van der Waals surface area contributed by atoms with Crippen LogP contribution in [0, 0.1) is 5.92 Å². The van der Waals surface area contributed by atoms with Crippen molar-refractivity contribution in [3.05, 3.63) is 17.5 Å². The lowest BCUT2D eigenvalue weighted by atomic mass is 9.93. The zero-order chi connectivity index (χ0) is 13.7. The van der Waals surface area contributed by atoms with Gasteiger partial charge < -0.3 is 0 Å². The molecule has 0 bridgehead atoms. The average molecular weight is 262 g/mol. The van der Waals surface area contributed by atoms with Crippen molar-refractivity contribution in [3.8, 4) is 0 Å². The van der Waals surface area contributed by atoms with Crippen LogP contribution in [-0.4, -0.2) is 15.6 Å². The molecule has 0 aromatic carbocycles. The number of hydrogen-bond acceptors (Lipinski definition) is 2. The van der Waals surface area contributed by atoms with Gasteiger partial charge >= 0.3 is 0 Å². The summed E-state index contributed by atoms with van der Waals surface area (Å²) in [6, 6.07) is 2.07. The molecular formula is C16H26N2O. The van der Waals surface area contributed by atoms with E-state index in [0.717, 1.165) is 24.2 Å². The zero-order valence-electron chi connectivity index (χ0n) is 12.3. The topological polar surface area (TPSA) is 34.9 Å². The molecule has 0 radical (unpaired) electrons. The van der Waals surface area contributed by atoms with E-state index in [4.69, 9.17) is 0 Å². The van der Waals surface area contributed by atoms with Crippen LogP contribution in [0.15, 0.2) is 6.07 Å². The first-order chi connectivity index (χ1) is 9.19. The minimum absolute atomic E-state index is 0.387. The largest absolute Gasteiger partial charge is 0.299 e. The fourth-order valence-corrected chi connectivity index (χ4v) is 3.07. The summed E-state index contributed by atoms with van der Waals surface area (Å²) >= 11 is 0. The highest BCUT2D eigenvalue weighted by Crippen LogP contribution is 2.26. The highest BCUT2D eigenvalue weighted by Gasteiger charge is 2.17. The van der Waals surface area contributed by atoms with E-state index in [2.05, 4.69) is 18.1 Å². The lowest BCUT2D eigenvalue weighted by Gasteiger charge is -2.12. The monoisotopic (exact) mass is 262 g/mol. The van der Waals surface area contributed by atoms with Gasteiger partial charge in [0.25, 0.3) is 0 Å². The first kappa shape index (κ1) is 14.3. The zero-order valence-corrected chi connectivity index (χ0v) is 12.3. The van der Waals surface area contributed by atoms with Crippen molar-refractivity contribution in [2.24, 2.45) is 13.0 Å². The second-order valence-corrected chi connectivity index (χ2v) is 5.88. The Morgan fingerprint density at radius 2 is 2.00 bits per heavy atom. The summed E-state index contributed by atoms with van der Waals surface area (Å²) in [5, 5.41) is 4.41. The Labute approximate surface area is 116 Å². The van der Waals surface area contributed by atoms with Crippen LogP contribution in [0.2, 0.25) is 0 Å². The summed E-state index contributed by atoms with van der Waals surface area (Å²) in [6.45, 7) is 2.10. The van der Waals surface area contributed by atoms with Crippen LogP contribution in [0.4, 0.5) is 0 Å². The number of hydrogen-bond donors (Lipinski definition) is 0. The maximum Gasteiger partial charge on any atom is 0.139 e. The fourth-order valence-electron chi connectivity index (χ4n) is 3.07. The Morgan fingerprint density at radius 1 is 1.32 bits per heavy atom. The lowest BCUT2D eigenvalue weighted by molar-refractivity contribution is -0.119. The molecule has 1 aromatic rings. The van der Waals surface area contributed by atoms with Crippen molar-refractivity contribution in [1.29, 1.82) is 0 Å². The van der Waals surface area contributed by atoms with E-state index >= 15 is 0 Å². The van der Waals surface area contributed by atoms with Gasteiger partial charge in [0.1, 0.15) is 5.78 Å². The number of ketones is 1. The van der Waals surface area contributed by atoms with Gasteiger partial charge in [0, 0.05) is 25.6 Å². The Balaban J connectivity index is 1.87. The van der Waals surface area contributed by atoms with Gasteiger partial charge in [0.15, 0.2) is 0 Å². The van der Waals surface area contributed by atoms with E-state index in [1.807, 2.05) is 11.7 Å². The van der Waals surface area contributed by atoms with Crippen LogP contribution >= 0.6 is 0 Å². The van der Waals surface area contributed by atoms with Crippen molar-refractivity contribution in [2.45, 2.75) is 64.7 Å². The molecular weight excluding hydrogens is 236 g/mol. The third-order valence-corrected chi connectivity index (χ3v) is 4.26. The average Bonchev–Trinajstić information content (AvgIpc) is 2.59. The molecule has 0 N–H and O–H groups in total. The number of nitrogens with zero attached hydrogens (tertiary/aromatic N) is 2. The van der Waals surface area contributed by atoms with Crippen molar-refractivity contribution < 1.29 is 4.79 Å². The molecule has 1 heterocycles. The van der Waals surface area contributed by atoms with Crippen LogP contribution in [0.3, 0.4) is 0 Å². The SMILES string of the molecule is CCc1cc(CC(=O)CC2CCCCCC2)n(C)n1. The number of aromatic nitrogens is 2. The van der Waals surface area contributed by atoms with Crippen LogP contribution in [-0.2, 0) is 24.7 Å². The number of Topliss-reactive ketones (excluding diaryl/α,β-unsaturated/α-hetero) is 1. The maximum atomic E-state index is 12.2. The molecule has 0 saturated heterocycles. The molecule has 19 heavy (non-hydrogen) atoms. The van der Waals surface area contributed by atoms with Crippen molar-refractivity contribution in [3.63, 3.8) is 0 Å². The maximum absolute atomic E-state index is 12.2. The molecule has 0 atom stereocenters. The Kier molecular flexibility index (Phi) is 5.17. The molecule has 0 aliphatic heterocycles. The summed E-state index contributed by atoms with van der Waals surface area (Å²) in [7, 11) is 1.94. The molecule has 1 saturated carbocycles. The van der Waals surface area contributed by atoms with Gasteiger partial charge in [-0.2, -0.15) is 5.10 Å². The van der Waals surface area contributed by atoms with Crippen molar-refractivity contribution in [1.82, 2.24) is 9.78 Å². The summed E-state index contributed by atoms with van der Waals surface area (Å²) in [4.78, 5) is 12.2. The van der Waals surface area contributed by atoms with Gasteiger partial charge in [0.05, 0.1) is 5.69 Å². The standard InChI is InChI=1S/C16H26N2O/c1-3-14-11-15(18(2)17-14)12-16(19)10-13-8-6-4-5-7-9-13/h11,13H,3-10,12H2,1-2H3. The number of carbonyl (C=O) groups is 1. The number of aryl methyl sites for hydroxylation is 2. The van der Waals surface area contributed by atoms with Gasteiger partial charge in [-0.15, -0.1) is 0 Å². The highest BCUT2D eigenvalue weighted by molar-refractivity contribution is 5.80. The van der Waals surface area contributed by atoms with Crippen LogP contribution in [0.5, 0.6) is 0 Å². The Bertz CT molecular complexity index is 414. The lowest BCUT2D eigenvalue weighted by Crippen LogP contribution is -2.12. The summed E-state index contributed by atoms with van der Waals surface area (Å²) in [5.74, 6) is 1.02. The smallest absolute Gasteiger partial charge is 0.139 e. The molecule has 2 rings (SSSR count). The molecule has 106 valence electrons. The normalized spacial score (nSPS) is 17.4. The Morgan fingerprint density at radius 3 is 2.58 bits per heavy atom. The van der Waals surface area contributed by atoms with E-state index < -0.39 is 0 Å². The molecule has 0 unspecified atom stereocenters. The molecule has 1 aromatic heterocycles. The summed E-state index contributed by atoms with van der Waals surface area (Å²) < 4.78 is 1.86. The van der Waals surface area contributed by atoms with Crippen molar-refractivity contribution in [2.75, 3.05) is 0 Å². The van der Waals surface area contributed by atoms with E-state index in [-0.39, 0.29) is 0 Å². The third-order valence-electron chi connectivity index (χ3n) is 4.26. The quantitative estimate of drug-likeness (QED) is 0.762. The summed E-state index contributed by atoms with van der Waals surface area (Å²) in [5.41, 5.74) is 2.15. The van der Waals surface area contributed by atoms with E-state index in [1.54, 1.807) is 0 Å². The Hall–Kier alpha value is -1.12. The van der Waals surface area contributed by atoms with E-state index in [0.29, 0.717) is 18.1 Å². The first-order valence-corrected chi connectivity index (χ1v) is 7.72. The van der Waals surface area contributed by atoms with Crippen molar-refractivity contribution >= 4 is 5.78 Å². The first-order valence-electron chi connectivity index (χ1n) is 7.72. The predicted molar refractivity (Wildman–Crippen MR) is 77.1 cm³/mol. The van der Waals surface area contributed by atoms with Gasteiger partial charge in [-0.3, -0.25) is 9.48 Å². The van der Waals surface area contributed by atoms with E-state index in [9.17, 15) is 4.79 Å². The third kappa shape index (κ3) is 4.19. The second kappa shape index (κ2) is 6.88. The molecule has 1 fully saturated rings. The van der Waals surface area contributed by atoms with Gasteiger partial charge in [0.2, 0.25) is 0 Å². The van der Waals surface area contributed by atoms with Gasteiger partial charge in [-0.25, -0.2) is 0 Å². The minimum atomic E-state index is 0.387. The molecule has 1 aliphatic rings. The summed E-state index contributed by atoms with van der Waals surface area (Å²) in [6.07, 6.45) is 10.1. The van der Waals surface area contributed by atoms with Crippen LogP contribution in [0.25, 0.3) is 0 Å². The second-order valence-electron chi connectivity index (χ2n) is 5.88. The van der Waals surface area contributed by atoms with E-state index in [1.165, 1.54) is 38.5 Å². The number of carbonyl (C=O) groups excluding carboxylic acids is 1.